The minimum atomic E-state index is -0.740. The molecule has 6 unspecified atom stereocenters. The maximum absolute atomic E-state index is 6.70. The second-order valence-corrected chi connectivity index (χ2v) is 18.3. The molecule has 10 fully saturated rings. The standard InChI is InChI=1S/C41H68O12/c1-26-9-11-32-28(3)34(46-36-40(32)30(26)13-16-38(5,48-36)50-52-40)8-7-18-42-20-22-44-24-25-45-23-21-43-19-15-35-29(4)33-12-10-27(2)31-14-17-39(6)49-37(47-35)41(31,33)53-51-39/h26-37H,7-25H2,1-6H3/t26-,27-,28-,29-,30?,31?,32?,33?,34-,35-,36-,37-,38?,39?,40-,41-/m1/s1. The van der Waals surface area contributed by atoms with E-state index in [0.29, 0.717) is 100 Å². The lowest BCUT2D eigenvalue weighted by Crippen LogP contribution is -2.70. The van der Waals surface area contributed by atoms with Crippen LogP contribution in [0.5, 0.6) is 0 Å². The van der Waals surface area contributed by atoms with Gasteiger partial charge < -0.3 is 37.9 Å². The van der Waals surface area contributed by atoms with Gasteiger partial charge in [0, 0.05) is 37.9 Å². The van der Waals surface area contributed by atoms with Crippen LogP contribution in [0.3, 0.4) is 0 Å². The van der Waals surface area contributed by atoms with Crippen molar-refractivity contribution in [1.29, 1.82) is 0 Å². The Bertz CT molecular complexity index is 1140. The van der Waals surface area contributed by atoms with Crippen LogP contribution < -0.4 is 0 Å². The second-order valence-electron chi connectivity index (χ2n) is 18.3. The summed E-state index contributed by atoms with van der Waals surface area (Å²) in [5, 5.41) is 0. The van der Waals surface area contributed by atoms with E-state index in [1.807, 2.05) is 13.8 Å². The van der Waals surface area contributed by atoms with Gasteiger partial charge in [0.05, 0.1) is 51.8 Å². The topological polar surface area (TPSA) is 111 Å². The first kappa shape index (κ1) is 39.4. The minimum absolute atomic E-state index is 0.0633. The molecule has 2 aliphatic carbocycles. The first-order valence-electron chi connectivity index (χ1n) is 21.3. The minimum Gasteiger partial charge on any atom is -0.379 e. The highest BCUT2D eigenvalue weighted by Crippen LogP contribution is 2.62. The summed E-state index contributed by atoms with van der Waals surface area (Å²) in [5.41, 5.74) is -0.996. The summed E-state index contributed by atoms with van der Waals surface area (Å²) in [6, 6.07) is 0. The molecular weight excluding hydrogens is 684 g/mol. The molecule has 8 aliphatic heterocycles. The average Bonchev–Trinajstić information content (AvgIpc) is 3.51. The molecule has 304 valence electrons. The molecule has 8 saturated heterocycles. The predicted octanol–water partition coefficient (Wildman–Crippen LogP) is 6.72. The Labute approximate surface area is 317 Å². The normalized spacial score (nSPS) is 49.9. The fourth-order valence-electron chi connectivity index (χ4n) is 12.0. The van der Waals surface area contributed by atoms with Crippen LogP contribution in [0.4, 0.5) is 0 Å². The Balaban J connectivity index is 0.662. The van der Waals surface area contributed by atoms with Crippen molar-refractivity contribution in [3.8, 4) is 0 Å². The average molecular weight is 753 g/mol. The quantitative estimate of drug-likeness (QED) is 0.123. The molecule has 0 N–H and O–H groups in total. The molecule has 2 spiro atoms. The van der Waals surface area contributed by atoms with Gasteiger partial charge in [0.25, 0.3) is 0 Å². The first-order valence-corrected chi connectivity index (χ1v) is 21.3. The van der Waals surface area contributed by atoms with E-state index in [-0.39, 0.29) is 18.5 Å². The monoisotopic (exact) mass is 752 g/mol. The van der Waals surface area contributed by atoms with Crippen LogP contribution in [-0.2, 0) is 57.4 Å². The molecular formula is C41H68O12. The highest BCUT2D eigenvalue weighted by Gasteiger charge is 2.70. The summed E-state index contributed by atoms with van der Waals surface area (Å²) in [5.74, 6) is 1.90. The lowest BCUT2D eigenvalue weighted by molar-refractivity contribution is -0.571. The predicted molar refractivity (Wildman–Crippen MR) is 191 cm³/mol. The Morgan fingerprint density at radius 1 is 0.472 bits per heavy atom. The summed E-state index contributed by atoms with van der Waals surface area (Å²) >= 11 is 0. The maximum atomic E-state index is 6.70. The third-order valence-corrected chi connectivity index (χ3v) is 15.0. The Hall–Kier alpha value is -0.480. The van der Waals surface area contributed by atoms with Crippen LogP contribution in [0, 0.1) is 47.3 Å². The fourth-order valence-corrected chi connectivity index (χ4v) is 12.0. The lowest BCUT2D eigenvalue weighted by Gasteiger charge is -2.60. The Morgan fingerprint density at radius 2 is 0.906 bits per heavy atom. The van der Waals surface area contributed by atoms with E-state index >= 15 is 0 Å². The number of hydrogen-bond acceptors (Lipinski definition) is 12. The SMILES string of the molecule is C[C@@H]1CCC2[C@@H](C)[C@@H](CCCOCCOCCOCCOCC[C@H]3O[C@@H]4OC5(C)CCC6[C@H](C)CCC([C@H]3C)[C@]64OO5)O[C@@H]3OC4(C)CCC1[C@@]23OO4. The van der Waals surface area contributed by atoms with E-state index in [9.17, 15) is 0 Å². The third-order valence-electron chi connectivity index (χ3n) is 15.0. The Morgan fingerprint density at radius 3 is 1.40 bits per heavy atom. The lowest BCUT2D eigenvalue weighted by atomic mass is 9.57. The molecule has 12 nitrogen and oxygen atoms in total. The van der Waals surface area contributed by atoms with E-state index in [1.54, 1.807) is 0 Å². The van der Waals surface area contributed by atoms with Gasteiger partial charge >= 0.3 is 0 Å². The van der Waals surface area contributed by atoms with Crippen molar-refractivity contribution in [3.05, 3.63) is 0 Å². The number of rotatable bonds is 16. The molecule has 53 heavy (non-hydrogen) atoms. The van der Waals surface area contributed by atoms with Crippen molar-refractivity contribution in [2.75, 3.05) is 52.9 Å². The summed E-state index contributed by atoms with van der Waals surface area (Å²) in [6.07, 6.45) is 10.6. The van der Waals surface area contributed by atoms with Gasteiger partial charge in [-0.15, -0.1) is 0 Å². The highest BCUT2D eigenvalue weighted by molar-refractivity contribution is 5.11. The smallest absolute Gasteiger partial charge is 0.201 e. The first-order chi connectivity index (χ1) is 25.6. The molecule has 16 atom stereocenters. The van der Waals surface area contributed by atoms with Crippen LogP contribution in [0.1, 0.15) is 112 Å². The largest absolute Gasteiger partial charge is 0.379 e. The number of fused-ring (bicyclic) bond motifs is 4. The molecule has 10 rings (SSSR count). The van der Waals surface area contributed by atoms with Gasteiger partial charge in [0.15, 0.2) is 23.8 Å². The van der Waals surface area contributed by atoms with Crippen LogP contribution in [0.15, 0.2) is 0 Å². The van der Waals surface area contributed by atoms with Gasteiger partial charge in [-0.05, 0) is 107 Å². The molecule has 0 aromatic heterocycles. The van der Waals surface area contributed by atoms with Gasteiger partial charge in [-0.1, -0.05) is 27.7 Å². The van der Waals surface area contributed by atoms with Gasteiger partial charge in [0.2, 0.25) is 11.6 Å². The number of ether oxygens (including phenoxy) is 8. The van der Waals surface area contributed by atoms with Gasteiger partial charge in [0.1, 0.15) is 0 Å². The third kappa shape index (κ3) is 7.30. The van der Waals surface area contributed by atoms with Crippen molar-refractivity contribution in [2.24, 2.45) is 47.3 Å². The van der Waals surface area contributed by atoms with Crippen molar-refractivity contribution >= 4 is 0 Å². The second kappa shape index (κ2) is 16.0. The molecule has 12 heteroatoms. The summed E-state index contributed by atoms with van der Waals surface area (Å²) in [4.78, 5) is 24.4. The van der Waals surface area contributed by atoms with Crippen LogP contribution in [0.2, 0.25) is 0 Å². The van der Waals surface area contributed by atoms with Crippen molar-refractivity contribution in [1.82, 2.24) is 0 Å². The van der Waals surface area contributed by atoms with Gasteiger partial charge in [-0.3, -0.25) is 0 Å². The zero-order valence-electron chi connectivity index (χ0n) is 33.3. The van der Waals surface area contributed by atoms with Gasteiger partial charge in [-0.2, -0.15) is 0 Å². The van der Waals surface area contributed by atoms with Crippen LogP contribution in [0.25, 0.3) is 0 Å². The van der Waals surface area contributed by atoms with Crippen LogP contribution in [-0.4, -0.2) is 100 Å². The van der Waals surface area contributed by atoms with Crippen molar-refractivity contribution in [2.45, 2.75) is 160 Å². The van der Waals surface area contributed by atoms with E-state index in [2.05, 4.69) is 27.7 Å². The highest BCUT2D eigenvalue weighted by atomic mass is 17.3. The summed E-state index contributed by atoms with van der Waals surface area (Å²) in [7, 11) is 0. The molecule has 0 radical (unpaired) electrons. The molecule has 4 bridgehead atoms. The van der Waals surface area contributed by atoms with E-state index in [0.717, 1.165) is 57.8 Å². The van der Waals surface area contributed by atoms with E-state index in [1.165, 1.54) is 12.8 Å². The van der Waals surface area contributed by atoms with Crippen molar-refractivity contribution < 1.29 is 57.4 Å². The summed E-state index contributed by atoms with van der Waals surface area (Å²) < 4.78 is 49.7. The summed E-state index contributed by atoms with van der Waals surface area (Å²) in [6.45, 7) is 17.9. The molecule has 2 saturated carbocycles. The van der Waals surface area contributed by atoms with Gasteiger partial charge in [-0.25, -0.2) is 19.6 Å². The maximum Gasteiger partial charge on any atom is 0.201 e. The van der Waals surface area contributed by atoms with E-state index < -0.39 is 29.1 Å². The zero-order chi connectivity index (χ0) is 36.8. The molecule has 8 heterocycles. The molecule has 10 aliphatic rings. The zero-order valence-corrected chi connectivity index (χ0v) is 33.3. The number of hydrogen-bond donors (Lipinski definition) is 0. The Kier molecular flexibility index (Phi) is 11.9. The molecule has 0 amide bonds. The van der Waals surface area contributed by atoms with E-state index in [4.69, 9.17) is 57.4 Å². The van der Waals surface area contributed by atoms with Crippen molar-refractivity contribution in [3.63, 3.8) is 0 Å². The molecule has 0 aromatic carbocycles. The molecule has 0 aromatic rings. The fraction of sp³-hybridized carbons (Fsp3) is 1.00. The van der Waals surface area contributed by atoms with Crippen LogP contribution >= 0.6 is 0 Å².